The molecular weight excluding hydrogens is 436 g/mol. The highest BCUT2D eigenvalue weighted by atomic mass is 16.6. The van der Waals surface area contributed by atoms with Gasteiger partial charge in [-0.1, -0.05) is 0 Å². The number of nitrogens with two attached hydrogens (primary N) is 1. The number of nitro groups is 1. The Morgan fingerprint density at radius 3 is 1.74 bits per heavy atom. The molecule has 0 unspecified atom stereocenters. The molecule has 4 rings (SSSR count). The molecule has 0 atom stereocenters. The predicted molar refractivity (Wildman–Crippen MR) is 131 cm³/mol. The molecule has 0 amide bonds. The molecule has 2 aromatic heterocycles. The minimum Gasteiger partial charge on any atom is -0.492 e. The maximum Gasteiger partial charge on any atom is 0.363 e. The van der Waals surface area contributed by atoms with Crippen LogP contribution in [0.3, 0.4) is 0 Å². The maximum absolute atomic E-state index is 10.4. The van der Waals surface area contributed by atoms with Gasteiger partial charge in [0.2, 0.25) is 0 Å². The molecule has 2 aromatic rings. The van der Waals surface area contributed by atoms with E-state index in [1.807, 2.05) is 6.07 Å². The van der Waals surface area contributed by atoms with Crippen LogP contribution in [-0.4, -0.2) is 78.2 Å². The van der Waals surface area contributed by atoms with Crippen LogP contribution in [0.5, 0.6) is 11.5 Å². The molecule has 0 spiro atoms. The first-order valence-electron chi connectivity index (χ1n) is 11.8. The van der Waals surface area contributed by atoms with E-state index in [1.165, 1.54) is 38.2 Å². The molecule has 2 fully saturated rings. The first-order valence-corrected chi connectivity index (χ1v) is 11.8. The zero-order valence-electron chi connectivity index (χ0n) is 20.1. The first kappa shape index (κ1) is 25.6. The molecule has 0 aliphatic carbocycles. The van der Waals surface area contributed by atoms with Crippen molar-refractivity contribution in [2.45, 2.75) is 25.7 Å². The van der Waals surface area contributed by atoms with Gasteiger partial charge in [-0.15, -0.1) is 0 Å². The number of piperidine rings is 2. The molecule has 186 valence electrons. The average molecular weight is 473 g/mol. The van der Waals surface area contributed by atoms with Gasteiger partial charge < -0.3 is 35.1 Å². The maximum atomic E-state index is 10.4. The lowest BCUT2D eigenvalue weighted by Crippen LogP contribution is -2.32. The summed E-state index contributed by atoms with van der Waals surface area (Å²) in [5.74, 6) is 3.03. The number of anilines is 1. The van der Waals surface area contributed by atoms with Crippen LogP contribution in [0.15, 0.2) is 36.7 Å². The number of nitrogen functional groups attached to an aromatic ring is 1. The number of aromatic nitrogens is 2. The molecule has 10 nitrogen and oxygen atoms in total. The topological polar surface area (TPSA) is 120 Å². The second-order valence-electron chi connectivity index (χ2n) is 9.14. The fourth-order valence-corrected chi connectivity index (χ4v) is 3.93. The highest BCUT2D eigenvalue weighted by Gasteiger charge is 2.18. The summed E-state index contributed by atoms with van der Waals surface area (Å²) in [4.78, 5) is 22.3. The summed E-state index contributed by atoms with van der Waals surface area (Å²) in [7, 11) is 4.29. The SMILES string of the molecule is CN1CCC(COc2ccc(N)nc2)CC1.CN1CCC(COc2ccc([N+](=O)[O-])nc2)CC1. The lowest BCUT2D eigenvalue weighted by atomic mass is 9.98. The van der Waals surface area contributed by atoms with Crippen molar-refractivity contribution in [1.29, 1.82) is 0 Å². The van der Waals surface area contributed by atoms with E-state index in [4.69, 9.17) is 15.2 Å². The summed E-state index contributed by atoms with van der Waals surface area (Å²) in [6, 6.07) is 6.60. The van der Waals surface area contributed by atoms with Crippen molar-refractivity contribution < 1.29 is 14.4 Å². The number of hydrogen-bond acceptors (Lipinski definition) is 9. The fraction of sp³-hybridized carbons (Fsp3) is 0.583. The molecule has 10 heteroatoms. The lowest BCUT2D eigenvalue weighted by molar-refractivity contribution is -0.389. The van der Waals surface area contributed by atoms with Crippen LogP contribution < -0.4 is 15.2 Å². The van der Waals surface area contributed by atoms with Crippen molar-refractivity contribution >= 4 is 11.6 Å². The molecule has 2 aliphatic rings. The third-order valence-electron chi connectivity index (χ3n) is 6.31. The lowest BCUT2D eigenvalue weighted by Gasteiger charge is -2.28. The Balaban J connectivity index is 0.000000192. The van der Waals surface area contributed by atoms with Crippen LogP contribution in [0.2, 0.25) is 0 Å². The molecule has 2 saturated heterocycles. The van der Waals surface area contributed by atoms with Gasteiger partial charge in [-0.05, 0) is 106 Å². The van der Waals surface area contributed by atoms with E-state index in [2.05, 4.69) is 33.9 Å². The van der Waals surface area contributed by atoms with E-state index < -0.39 is 4.92 Å². The second-order valence-corrected chi connectivity index (χ2v) is 9.14. The Morgan fingerprint density at radius 2 is 1.35 bits per heavy atom. The van der Waals surface area contributed by atoms with Crippen molar-refractivity contribution in [2.75, 3.05) is 59.2 Å². The van der Waals surface area contributed by atoms with Crippen LogP contribution in [0.25, 0.3) is 0 Å². The molecule has 2 N–H and O–H groups in total. The summed E-state index contributed by atoms with van der Waals surface area (Å²) >= 11 is 0. The first-order chi connectivity index (χ1) is 16.4. The Labute approximate surface area is 201 Å². The molecule has 0 saturated carbocycles. The van der Waals surface area contributed by atoms with Crippen molar-refractivity contribution in [3.63, 3.8) is 0 Å². The number of hydrogen-bond donors (Lipinski definition) is 1. The number of pyridine rings is 2. The molecule has 2 aliphatic heterocycles. The molecule has 0 aromatic carbocycles. The number of ether oxygens (including phenoxy) is 2. The Kier molecular flexibility index (Phi) is 9.84. The zero-order valence-corrected chi connectivity index (χ0v) is 20.1. The minimum absolute atomic E-state index is 0.151. The van der Waals surface area contributed by atoms with E-state index in [0.29, 0.717) is 30.0 Å². The van der Waals surface area contributed by atoms with Crippen molar-refractivity contribution in [2.24, 2.45) is 11.8 Å². The fourth-order valence-electron chi connectivity index (χ4n) is 3.93. The second kappa shape index (κ2) is 13.0. The van der Waals surface area contributed by atoms with Crippen LogP contribution in [0, 0.1) is 22.0 Å². The standard InChI is InChI=1S/C12H17N3O3.C12H19N3O/c1-14-6-4-10(5-7-14)9-18-11-2-3-12(13-8-11)15(16)17;1-15-6-4-10(5-7-15)9-16-11-2-3-12(13)14-8-11/h2-3,8,10H,4-7,9H2,1H3;2-3,8,10H,4-7,9H2,1H3,(H2,13,14). The highest BCUT2D eigenvalue weighted by Crippen LogP contribution is 2.20. The van der Waals surface area contributed by atoms with Crippen molar-refractivity contribution in [1.82, 2.24) is 19.8 Å². The summed E-state index contributed by atoms with van der Waals surface area (Å²) < 4.78 is 11.3. The molecule has 0 bridgehead atoms. The van der Waals surface area contributed by atoms with Gasteiger partial charge in [-0.2, -0.15) is 0 Å². The van der Waals surface area contributed by atoms with Crippen molar-refractivity contribution in [3.05, 3.63) is 46.8 Å². The van der Waals surface area contributed by atoms with Crippen molar-refractivity contribution in [3.8, 4) is 11.5 Å². The zero-order chi connectivity index (χ0) is 24.3. The number of rotatable bonds is 7. The monoisotopic (exact) mass is 472 g/mol. The van der Waals surface area contributed by atoms with Crippen LogP contribution in [0.1, 0.15) is 25.7 Å². The van der Waals surface area contributed by atoms with Crippen LogP contribution in [0.4, 0.5) is 11.6 Å². The van der Waals surface area contributed by atoms with Crippen LogP contribution in [-0.2, 0) is 0 Å². The van der Waals surface area contributed by atoms with Gasteiger partial charge in [0, 0.05) is 6.07 Å². The van der Waals surface area contributed by atoms with Gasteiger partial charge in [0.25, 0.3) is 0 Å². The summed E-state index contributed by atoms with van der Waals surface area (Å²) in [6.07, 6.45) is 7.81. The van der Waals surface area contributed by atoms with E-state index >= 15 is 0 Å². The van der Waals surface area contributed by atoms with E-state index in [-0.39, 0.29) is 5.82 Å². The summed E-state index contributed by atoms with van der Waals surface area (Å²) in [5.41, 5.74) is 5.51. The van der Waals surface area contributed by atoms with Gasteiger partial charge in [0.1, 0.15) is 11.6 Å². The van der Waals surface area contributed by atoms with Crippen LogP contribution >= 0.6 is 0 Å². The third-order valence-corrected chi connectivity index (χ3v) is 6.31. The quantitative estimate of drug-likeness (QED) is 0.479. The van der Waals surface area contributed by atoms with E-state index in [0.717, 1.165) is 38.3 Å². The molecule has 34 heavy (non-hydrogen) atoms. The number of likely N-dealkylation sites (tertiary alicyclic amines) is 2. The van der Waals surface area contributed by atoms with Gasteiger partial charge in [0.05, 0.1) is 19.4 Å². The minimum atomic E-state index is -0.513. The summed E-state index contributed by atoms with van der Waals surface area (Å²) in [5, 5.41) is 10.4. The predicted octanol–water partition coefficient (Wildman–Crippen LogP) is 3.09. The smallest absolute Gasteiger partial charge is 0.363 e. The molecule has 4 heterocycles. The average Bonchev–Trinajstić information content (AvgIpc) is 2.85. The Hall–Kier alpha value is -2.98. The number of nitrogens with zero attached hydrogens (tertiary/aromatic N) is 5. The van der Waals surface area contributed by atoms with Gasteiger partial charge >= 0.3 is 5.82 Å². The van der Waals surface area contributed by atoms with E-state index in [9.17, 15) is 10.1 Å². The normalized spacial score (nSPS) is 18.1. The molecular formula is C24H36N6O4. The Morgan fingerprint density at radius 1 is 0.882 bits per heavy atom. The summed E-state index contributed by atoms with van der Waals surface area (Å²) in [6.45, 7) is 6.01. The Bertz CT molecular complexity index is 864. The van der Waals surface area contributed by atoms with Gasteiger partial charge in [-0.3, -0.25) is 0 Å². The highest BCUT2D eigenvalue weighted by molar-refractivity contribution is 5.32. The third kappa shape index (κ3) is 8.75. The van der Waals surface area contributed by atoms with Gasteiger partial charge in [0.15, 0.2) is 11.9 Å². The molecule has 0 radical (unpaired) electrons. The van der Waals surface area contributed by atoms with E-state index in [1.54, 1.807) is 18.3 Å². The van der Waals surface area contributed by atoms with Gasteiger partial charge in [-0.25, -0.2) is 4.98 Å². The largest absolute Gasteiger partial charge is 0.492 e.